The summed E-state index contributed by atoms with van der Waals surface area (Å²) in [6.07, 6.45) is 0. The van der Waals surface area contributed by atoms with Crippen molar-refractivity contribution in [1.29, 1.82) is 0 Å². The van der Waals surface area contributed by atoms with Crippen LogP contribution in [0.5, 0.6) is 0 Å². The zero-order chi connectivity index (χ0) is 10.8. The Labute approximate surface area is 90.0 Å². The van der Waals surface area contributed by atoms with Gasteiger partial charge in [-0.05, 0) is 7.05 Å². The summed E-state index contributed by atoms with van der Waals surface area (Å²) in [4.78, 5) is 8.84. The molecule has 5 heteroatoms. The molecule has 0 bridgehead atoms. The molecule has 0 saturated carbocycles. The summed E-state index contributed by atoms with van der Waals surface area (Å²) in [5.74, 6) is 1.12. The largest absolute Gasteiger partial charge is 0.324 e. The highest BCUT2D eigenvalue weighted by atomic mass is 16.5. The van der Waals surface area contributed by atoms with Crippen LogP contribution >= 0.6 is 0 Å². The normalized spacial score (nSPS) is 18.8. The summed E-state index contributed by atoms with van der Waals surface area (Å²) in [7, 11) is 2.13. The Morgan fingerprint density at radius 2 is 1.87 bits per heavy atom. The van der Waals surface area contributed by atoms with Gasteiger partial charge in [0.05, 0.1) is 0 Å². The van der Waals surface area contributed by atoms with Gasteiger partial charge in [-0.15, -0.1) is 0 Å². The Bertz CT molecular complexity index is 315. The van der Waals surface area contributed by atoms with Crippen LogP contribution in [-0.4, -0.2) is 48.3 Å². The standard InChI is InChI=1S/C10H18N4O/c1-8(2)9-11-10(15-12-9)14-6-4-13(3)5-7-14/h8H,4-7H2,1-3H3. The zero-order valence-electron chi connectivity index (χ0n) is 9.60. The fourth-order valence-corrected chi connectivity index (χ4v) is 1.59. The SMILES string of the molecule is CC(C)c1noc(N2CCN(C)CC2)n1. The third kappa shape index (κ3) is 2.28. The van der Waals surface area contributed by atoms with Crippen LogP contribution in [0.1, 0.15) is 25.6 Å². The van der Waals surface area contributed by atoms with E-state index >= 15 is 0 Å². The fraction of sp³-hybridized carbons (Fsp3) is 0.800. The molecule has 1 aliphatic heterocycles. The lowest BCUT2D eigenvalue weighted by atomic mass is 10.2. The number of likely N-dealkylation sites (N-methyl/N-ethyl adjacent to an activating group) is 1. The van der Waals surface area contributed by atoms with Crippen molar-refractivity contribution < 1.29 is 4.52 Å². The summed E-state index contributed by atoms with van der Waals surface area (Å²) in [5, 5.41) is 3.97. The smallest absolute Gasteiger partial charge is 0.322 e. The lowest BCUT2D eigenvalue weighted by Gasteiger charge is -2.30. The molecule has 1 saturated heterocycles. The summed E-state index contributed by atoms with van der Waals surface area (Å²) in [5.41, 5.74) is 0. The number of aromatic nitrogens is 2. The van der Waals surface area contributed by atoms with E-state index in [1.807, 2.05) is 0 Å². The van der Waals surface area contributed by atoms with Gasteiger partial charge in [-0.25, -0.2) is 0 Å². The highest BCUT2D eigenvalue weighted by Gasteiger charge is 2.20. The monoisotopic (exact) mass is 210 g/mol. The maximum atomic E-state index is 5.25. The van der Waals surface area contributed by atoms with Gasteiger partial charge in [-0.2, -0.15) is 4.98 Å². The predicted molar refractivity (Wildman–Crippen MR) is 58.1 cm³/mol. The van der Waals surface area contributed by atoms with E-state index in [0.717, 1.165) is 32.0 Å². The van der Waals surface area contributed by atoms with E-state index in [2.05, 4.69) is 40.8 Å². The molecule has 15 heavy (non-hydrogen) atoms. The van der Waals surface area contributed by atoms with Gasteiger partial charge in [0, 0.05) is 32.1 Å². The molecular weight excluding hydrogens is 192 g/mol. The first-order valence-electron chi connectivity index (χ1n) is 5.44. The van der Waals surface area contributed by atoms with E-state index in [1.165, 1.54) is 0 Å². The van der Waals surface area contributed by atoms with Crippen molar-refractivity contribution in [3.63, 3.8) is 0 Å². The molecular formula is C10H18N4O. The van der Waals surface area contributed by atoms with Crippen molar-refractivity contribution in [3.05, 3.63) is 5.82 Å². The lowest BCUT2D eigenvalue weighted by Crippen LogP contribution is -2.44. The summed E-state index contributed by atoms with van der Waals surface area (Å²) in [6.45, 7) is 8.18. The Kier molecular flexibility index (Phi) is 2.90. The Morgan fingerprint density at radius 3 is 2.40 bits per heavy atom. The number of hydrogen-bond donors (Lipinski definition) is 0. The second-order valence-corrected chi connectivity index (χ2v) is 4.38. The maximum absolute atomic E-state index is 5.25. The van der Waals surface area contributed by atoms with Gasteiger partial charge in [0.2, 0.25) is 0 Å². The zero-order valence-corrected chi connectivity index (χ0v) is 9.60. The Balaban J connectivity index is 2.03. The first kappa shape index (κ1) is 10.4. The van der Waals surface area contributed by atoms with Gasteiger partial charge >= 0.3 is 6.01 Å². The van der Waals surface area contributed by atoms with Gasteiger partial charge in [0.1, 0.15) is 0 Å². The lowest BCUT2D eigenvalue weighted by molar-refractivity contribution is 0.298. The third-order valence-electron chi connectivity index (χ3n) is 2.72. The Morgan fingerprint density at radius 1 is 1.20 bits per heavy atom. The quantitative estimate of drug-likeness (QED) is 0.727. The van der Waals surface area contributed by atoms with Gasteiger partial charge in [-0.3, -0.25) is 0 Å². The van der Waals surface area contributed by atoms with Gasteiger partial charge in [-0.1, -0.05) is 19.0 Å². The Hall–Kier alpha value is -1.10. The average Bonchev–Trinajstić information content (AvgIpc) is 2.68. The molecule has 2 rings (SSSR count). The van der Waals surface area contributed by atoms with E-state index in [0.29, 0.717) is 11.9 Å². The van der Waals surface area contributed by atoms with Gasteiger partial charge in [0.15, 0.2) is 5.82 Å². The third-order valence-corrected chi connectivity index (χ3v) is 2.72. The molecule has 1 aliphatic rings. The number of piperazine rings is 1. The van der Waals surface area contributed by atoms with Gasteiger partial charge in [0.25, 0.3) is 0 Å². The van der Waals surface area contributed by atoms with Crippen molar-refractivity contribution in [3.8, 4) is 0 Å². The molecule has 5 nitrogen and oxygen atoms in total. The highest BCUT2D eigenvalue weighted by molar-refractivity contribution is 5.26. The maximum Gasteiger partial charge on any atom is 0.324 e. The van der Waals surface area contributed by atoms with Crippen LogP contribution in [0.25, 0.3) is 0 Å². The molecule has 0 unspecified atom stereocenters. The molecule has 2 heterocycles. The van der Waals surface area contributed by atoms with Crippen molar-refractivity contribution in [2.24, 2.45) is 0 Å². The molecule has 0 atom stereocenters. The molecule has 0 N–H and O–H groups in total. The summed E-state index contributed by atoms with van der Waals surface area (Å²) in [6, 6.07) is 0.673. The van der Waals surface area contributed by atoms with Crippen molar-refractivity contribution in [2.45, 2.75) is 19.8 Å². The van der Waals surface area contributed by atoms with Crippen molar-refractivity contribution in [1.82, 2.24) is 15.0 Å². The minimum atomic E-state index is 0.329. The van der Waals surface area contributed by atoms with Gasteiger partial charge < -0.3 is 14.3 Å². The van der Waals surface area contributed by atoms with Crippen LogP contribution in [0, 0.1) is 0 Å². The van der Waals surface area contributed by atoms with Crippen molar-refractivity contribution >= 4 is 6.01 Å². The summed E-state index contributed by atoms with van der Waals surface area (Å²) < 4.78 is 5.25. The molecule has 84 valence electrons. The predicted octanol–water partition coefficient (Wildman–Crippen LogP) is 0.945. The molecule has 1 aromatic rings. The van der Waals surface area contributed by atoms with Crippen LogP contribution in [0.4, 0.5) is 6.01 Å². The fourth-order valence-electron chi connectivity index (χ4n) is 1.59. The number of anilines is 1. The van der Waals surface area contributed by atoms with Crippen LogP contribution in [0.15, 0.2) is 4.52 Å². The second-order valence-electron chi connectivity index (χ2n) is 4.38. The minimum absolute atomic E-state index is 0.329. The highest BCUT2D eigenvalue weighted by Crippen LogP contribution is 2.17. The number of hydrogen-bond acceptors (Lipinski definition) is 5. The second kappa shape index (κ2) is 4.18. The van der Waals surface area contributed by atoms with Crippen LogP contribution in [0.3, 0.4) is 0 Å². The van der Waals surface area contributed by atoms with E-state index in [9.17, 15) is 0 Å². The van der Waals surface area contributed by atoms with Crippen LogP contribution < -0.4 is 4.90 Å². The molecule has 1 fully saturated rings. The first-order valence-corrected chi connectivity index (χ1v) is 5.44. The van der Waals surface area contributed by atoms with E-state index in [-0.39, 0.29) is 0 Å². The number of rotatable bonds is 2. The number of nitrogens with zero attached hydrogens (tertiary/aromatic N) is 4. The molecule has 1 aromatic heterocycles. The molecule has 0 aliphatic carbocycles. The van der Waals surface area contributed by atoms with E-state index in [1.54, 1.807) is 0 Å². The average molecular weight is 210 g/mol. The minimum Gasteiger partial charge on any atom is -0.322 e. The molecule has 0 aromatic carbocycles. The van der Waals surface area contributed by atoms with Crippen LogP contribution in [0.2, 0.25) is 0 Å². The molecule has 0 amide bonds. The van der Waals surface area contributed by atoms with E-state index in [4.69, 9.17) is 4.52 Å². The molecule has 0 radical (unpaired) electrons. The summed E-state index contributed by atoms with van der Waals surface area (Å²) >= 11 is 0. The molecule has 0 spiro atoms. The topological polar surface area (TPSA) is 45.4 Å². The first-order chi connectivity index (χ1) is 7.16. The van der Waals surface area contributed by atoms with Crippen molar-refractivity contribution in [2.75, 3.05) is 38.1 Å². The van der Waals surface area contributed by atoms with E-state index < -0.39 is 0 Å². The van der Waals surface area contributed by atoms with Crippen LogP contribution in [-0.2, 0) is 0 Å².